The molecule has 15 nitrogen and oxygen atoms in total. The molecule has 4 amide bonds. The van der Waals surface area contributed by atoms with Gasteiger partial charge in [-0.1, -0.05) is 19.1 Å². The average molecular weight is 767 g/mol. The largest absolute Gasteiger partial charge is 0.495 e. The van der Waals surface area contributed by atoms with E-state index < -0.39 is 0 Å². The fourth-order valence-corrected chi connectivity index (χ4v) is 8.38. The molecule has 7 rings (SSSR count). The van der Waals surface area contributed by atoms with Gasteiger partial charge in [-0.3, -0.25) is 34.8 Å². The number of imide groups is 1. The number of rotatable bonds is 12. The Morgan fingerprint density at radius 1 is 0.964 bits per heavy atom. The lowest BCUT2D eigenvalue weighted by molar-refractivity contribution is -0.134. The van der Waals surface area contributed by atoms with Crippen molar-refractivity contribution in [1.82, 2.24) is 30.6 Å². The molecule has 1 unspecified atom stereocenters. The third-order valence-electron chi connectivity index (χ3n) is 11.8. The number of hydrogen-bond acceptors (Lipinski definition) is 12. The Balaban J connectivity index is 0.848. The van der Waals surface area contributed by atoms with E-state index in [1.54, 1.807) is 43.5 Å². The molecule has 0 radical (unpaired) electrons. The number of benzene rings is 2. The molecule has 4 aliphatic heterocycles. The molecule has 3 N–H and O–H groups in total. The zero-order chi connectivity index (χ0) is 39.3. The number of nitrogens with one attached hydrogen (secondary N) is 3. The number of methoxy groups -OCH3 is 1. The SMILES string of the molecule is CC[C@@H]1C(=O)N(C)c2cnc(Nc3ccc(C(=O)NN4CCC(CCN5CCN(c6ccc(C7CCC(=O)NC7=O)cc6)CC5)CC4)cc3OC)nc2N1CC. The van der Waals surface area contributed by atoms with Gasteiger partial charge in [-0.2, -0.15) is 4.98 Å². The Hall–Kier alpha value is -5.28. The second kappa shape index (κ2) is 17.2. The summed E-state index contributed by atoms with van der Waals surface area (Å²) in [5.74, 6) is 1.40. The van der Waals surface area contributed by atoms with Gasteiger partial charge in [0.2, 0.25) is 23.7 Å². The minimum absolute atomic E-state index is 0.0311. The second-order valence-corrected chi connectivity index (χ2v) is 15.1. The number of ether oxygens (including phenoxy) is 1. The molecule has 3 aromatic rings. The van der Waals surface area contributed by atoms with Gasteiger partial charge in [0, 0.05) is 70.5 Å². The van der Waals surface area contributed by atoms with Crippen LogP contribution in [0.15, 0.2) is 48.7 Å². The van der Waals surface area contributed by atoms with E-state index in [0.29, 0.717) is 66.2 Å². The number of hydrogen-bond donors (Lipinski definition) is 3. The molecule has 4 aliphatic rings. The first-order valence-electron chi connectivity index (χ1n) is 20.0. The lowest BCUT2D eigenvalue weighted by Gasteiger charge is -2.39. The van der Waals surface area contributed by atoms with Crippen LogP contribution in [0.4, 0.5) is 28.8 Å². The molecule has 0 saturated carbocycles. The van der Waals surface area contributed by atoms with Crippen LogP contribution >= 0.6 is 0 Å². The third kappa shape index (κ3) is 8.43. The van der Waals surface area contributed by atoms with Crippen LogP contribution in [-0.4, -0.2) is 116 Å². The zero-order valence-corrected chi connectivity index (χ0v) is 32.9. The fourth-order valence-electron chi connectivity index (χ4n) is 8.38. The zero-order valence-electron chi connectivity index (χ0n) is 32.9. The van der Waals surface area contributed by atoms with Gasteiger partial charge in [0.1, 0.15) is 17.5 Å². The first-order valence-corrected chi connectivity index (χ1v) is 20.0. The van der Waals surface area contributed by atoms with Crippen molar-refractivity contribution in [3.8, 4) is 5.75 Å². The average Bonchev–Trinajstić information content (AvgIpc) is 3.22. The van der Waals surface area contributed by atoms with Crippen LogP contribution in [0, 0.1) is 5.92 Å². The van der Waals surface area contributed by atoms with Crippen molar-refractivity contribution in [3.63, 3.8) is 0 Å². The van der Waals surface area contributed by atoms with E-state index in [2.05, 4.69) is 43.0 Å². The monoisotopic (exact) mass is 766 g/mol. The first kappa shape index (κ1) is 39.0. The molecule has 298 valence electrons. The van der Waals surface area contributed by atoms with E-state index in [1.165, 1.54) is 5.69 Å². The van der Waals surface area contributed by atoms with E-state index >= 15 is 0 Å². The predicted octanol–water partition coefficient (Wildman–Crippen LogP) is 3.90. The number of carbonyl (C=O) groups is 4. The Morgan fingerprint density at radius 2 is 1.71 bits per heavy atom. The smallest absolute Gasteiger partial charge is 0.265 e. The number of likely N-dealkylation sites (N-methyl/N-ethyl adjacent to an activating group) is 2. The summed E-state index contributed by atoms with van der Waals surface area (Å²) in [5.41, 5.74) is 7.02. The number of aromatic nitrogens is 2. The molecule has 2 atom stereocenters. The highest BCUT2D eigenvalue weighted by molar-refractivity contribution is 6.04. The van der Waals surface area contributed by atoms with E-state index in [1.807, 2.05) is 35.9 Å². The van der Waals surface area contributed by atoms with Gasteiger partial charge in [0.05, 0.1) is 24.9 Å². The number of carbonyl (C=O) groups excluding carboxylic acids is 4. The number of amides is 4. The van der Waals surface area contributed by atoms with Crippen LogP contribution in [0.1, 0.15) is 74.2 Å². The van der Waals surface area contributed by atoms with Crippen LogP contribution in [0.5, 0.6) is 5.75 Å². The topological polar surface area (TPSA) is 156 Å². The summed E-state index contributed by atoms with van der Waals surface area (Å²) in [5, 5.41) is 7.72. The molecule has 5 heterocycles. The maximum Gasteiger partial charge on any atom is 0.265 e. The number of anilines is 5. The number of nitrogens with zero attached hydrogens (tertiary/aromatic N) is 7. The van der Waals surface area contributed by atoms with E-state index in [9.17, 15) is 19.2 Å². The van der Waals surface area contributed by atoms with Gasteiger partial charge < -0.3 is 24.8 Å². The maximum atomic E-state index is 13.3. The molecular weight excluding hydrogens is 713 g/mol. The predicted molar refractivity (Wildman–Crippen MR) is 215 cm³/mol. The minimum atomic E-state index is -0.278. The summed E-state index contributed by atoms with van der Waals surface area (Å²) in [7, 11) is 3.32. The second-order valence-electron chi connectivity index (χ2n) is 15.1. The van der Waals surface area contributed by atoms with Crippen molar-refractivity contribution in [3.05, 3.63) is 59.8 Å². The van der Waals surface area contributed by atoms with Crippen molar-refractivity contribution >= 4 is 52.5 Å². The molecule has 56 heavy (non-hydrogen) atoms. The van der Waals surface area contributed by atoms with Gasteiger partial charge in [-0.05, 0) is 87.4 Å². The minimum Gasteiger partial charge on any atom is -0.495 e. The fraction of sp³-hybridized carbons (Fsp3) is 0.512. The van der Waals surface area contributed by atoms with Crippen molar-refractivity contribution in [2.24, 2.45) is 5.92 Å². The van der Waals surface area contributed by atoms with Gasteiger partial charge in [-0.15, -0.1) is 0 Å². The molecular formula is C41H54N10O5. The number of fused-ring (bicyclic) bond motifs is 1. The Kier molecular flexibility index (Phi) is 12.0. The maximum absolute atomic E-state index is 13.3. The van der Waals surface area contributed by atoms with E-state index in [-0.39, 0.29) is 35.6 Å². The van der Waals surface area contributed by atoms with Crippen LogP contribution in [0.2, 0.25) is 0 Å². The van der Waals surface area contributed by atoms with Gasteiger partial charge in [0.25, 0.3) is 5.91 Å². The van der Waals surface area contributed by atoms with Crippen LogP contribution < -0.4 is 35.5 Å². The Bertz CT molecular complexity index is 1910. The first-order chi connectivity index (χ1) is 27.1. The standard InChI is InChI=1S/C41H54N10O5/c1-5-33-40(55)47(3)34-26-42-41(45-37(34)51(33)6-2)43-32-13-9-29(25-35(32)56-4)38(53)46-50-19-16-27(17-20-50)15-18-48-21-23-49(24-22-48)30-10-7-28(8-11-30)31-12-14-36(52)44-39(31)54/h7-11,13,25-27,31,33H,5-6,12,14-24H2,1-4H3,(H,46,53)(H,42,43,45)(H,44,52,54)/t31?,33-/m1/s1. The van der Waals surface area contributed by atoms with E-state index in [0.717, 1.165) is 70.6 Å². The quantitative estimate of drug-likeness (QED) is 0.229. The molecule has 0 bridgehead atoms. The van der Waals surface area contributed by atoms with Crippen LogP contribution in [-0.2, 0) is 14.4 Å². The van der Waals surface area contributed by atoms with E-state index in [4.69, 9.17) is 9.72 Å². The normalized spacial score (nSPS) is 21.1. The Morgan fingerprint density at radius 3 is 2.39 bits per heavy atom. The summed E-state index contributed by atoms with van der Waals surface area (Å²) in [6, 6.07) is 13.3. The number of piperazine rings is 1. The van der Waals surface area contributed by atoms with Crippen molar-refractivity contribution in [2.45, 2.75) is 64.3 Å². The Labute approximate surface area is 328 Å². The molecule has 2 aromatic carbocycles. The highest BCUT2D eigenvalue weighted by Crippen LogP contribution is 2.36. The third-order valence-corrected chi connectivity index (χ3v) is 11.8. The lowest BCUT2D eigenvalue weighted by atomic mass is 9.90. The molecule has 1 aromatic heterocycles. The molecule has 3 fully saturated rings. The van der Waals surface area contributed by atoms with Crippen LogP contribution in [0.25, 0.3) is 0 Å². The molecule has 0 aliphatic carbocycles. The summed E-state index contributed by atoms with van der Waals surface area (Å²) >= 11 is 0. The summed E-state index contributed by atoms with van der Waals surface area (Å²) < 4.78 is 5.67. The molecule has 0 spiro atoms. The van der Waals surface area contributed by atoms with Gasteiger partial charge in [0.15, 0.2) is 5.82 Å². The highest BCUT2D eigenvalue weighted by Gasteiger charge is 2.36. The lowest BCUT2D eigenvalue weighted by Crippen LogP contribution is -2.52. The highest BCUT2D eigenvalue weighted by atomic mass is 16.5. The van der Waals surface area contributed by atoms with Crippen molar-refractivity contribution in [2.75, 3.05) is 86.5 Å². The van der Waals surface area contributed by atoms with Crippen molar-refractivity contribution in [1.29, 1.82) is 0 Å². The molecule has 15 heteroatoms. The van der Waals surface area contributed by atoms with Crippen molar-refractivity contribution < 1.29 is 23.9 Å². The summed E-state index contributed by atoms with van der Waals surface area (Å²) in [4.78, 5) is 67.8. The van der Waals surface area contributed by atoms with Gasteiger partial charge >= 0.3 is 0 Å². The number of piperidine rings is 2. The summed E-state index contributed by atoms with van der Waals surface area (Å²) in [6.07, 6.45) is 6.50. The summed E-state index contributed by atoms with van der Waals surface area (Å²) in [6.45, 7) is 11.3. The van der Waals surface area contributed by atoms with Gasteiger partial charge in [-0.25, -0.2) is 9.99 Å². The molecule has 3 saturated heterocycles. The number of hydrazine groups is 1. The van der Waals surface area contributed by atoms with Crippen LogP contribution in [0.3, 0.4) is 0 Å².